The van der Waals surface area contributed by atoms with Crippen LogP contribution in [0, 0.1) is 5.92 Å². The third kappa shape index (κ3) is 5.92. The van der Waals surface area contributed by atoms with Crippen molar-refractivity contribution in [2.45, 2.75) is 26.4 Å². The average molecular weight is 297 g/mol. The first kappa shape index (κ1) is 17.1. The van der Waals surface area contributed by atoms with E-state index in [1.165, 1.54) is 6.20 Å². The molecule has 2 amide bonds. The van der Waals surface area contributed by atoms with Gasteiger partial charge < -0.3 is 21.1 Å². The van der Waals surface area contributed by atoms with Gasteiger partial charge in [0.1, 0.15) is 0 Å². The molecule has 4 N–H and O–H groups in total. The summed E-state index contributed by atoms with van der Waals surface area (Å²) in [6.07, 6.45) is 3.23. The summed E-state index contributed by atoms with van der Waals surface area (Å²) in [4.78, 5) is 23.3. The number of hydrogen-bond acceptors (Lipinski definition) is 5. The molecular weight excluding hydrogens is 274 g/mol. The van der Waals surface area contributed by atoms with Crippen LogP contribution < -0.4 is 16.4 Å². The fourth-order valence-electron chi connectivity index (χ4n) is 1.53. The van der Waals surface area contributed by atoms with Gasteiger partial charge in [-0.25, -0.2) is 0 Å². The van der Waals surface area contributed by atoms with Gasteiger partial charge >= 0.3 is 0 Å². The van der Waals surface area contributed by atoms with Gasteiger partial charge in [0.25, 0.3) is 0 Å². The van der Waals surface area contributed by atoms with E-state index in [9.17, 15) is 9.59 Å². The number of carbonyl (C=O) groups is 2. The van der Waals surface area contributed by atoms with Crippen LogP contribution in [0.15, 0.2) is 12.4 Å². The topological polar surface area (TPSA) is 111 Å². The van der Waals surface area contributed by atoms with Gasteiger partial charge in [-0.05, 0) is 5.92 Å². The molecule has 0 bridgehead atoms. The predicted octanol–water partition coefficient (Wildman–Crippen LogP) is -0.432. The van der Waals surface area contributed by atoms with Crippen molar-refractivity contribution in [1.29, 1.82) is 0 Å². The second-order valence-electron chi connectivity index (χ2n) is 5.02. The molecule has 0 saturated carbocycles. The van der Waals surface area contributed by atoms with E-state index in [0.29, 0.717) is 18.8 Å². The second-order valence-corrected chi connectivity index (χ2v) is 5.02. The van der Waals surface area contributed by atoms with Crippen molar-refractivity contribution >= 4 is 17.5 Å². The van der Waals surface area contributed by atoms with Crippen molar-refractivity contribution in [3.05, 3.63) is 12.4 Å². The van der Waals surface area contributed by atoms with Gasteiger partial charge in [-0.1, -0.05) is 13.8 Å². The van der Waals surface area contributed by atoms with Gasteiger partial charge in [-0.2, -0.15) is 5.10 Å². The van der Waals surface area contributed by atoms with Crippen molar-refractivity contribution in [2.75, 3.05) is 25.6 Å². The number of nitrogens with zero attached hydrogens (tertiary/aromatic N) is 2. The van der Waals surface area contributed by atoms with E-state index in [1.54, 1.807) is 18.0 Å². The Balaban J connectivity index is 2.36. The Morgan fingerprint density at radius 3 is 2.81 bits per heavy atom. The fourth-order valence-corrected chi connectivity index (χ4v) is 1.53. The first-order valence-electron chi connectivity index (χ1n) is 6.78. The third-order valence-electron chi connectivity index (χ3n) is 2.89. The molecule has 0 aliphatic heterocycles. The molecule has 1 aromatic heterocycles. The Kier molecular flexibility index (Phi) is 6.83. The minimum Gasteiger partial charge on any atom is -0.383 e. The summed E-state index contributed by atoms with van der Waals surface area (Å²) in [7, 11) is 1.61. The van der Waals surface area contributed by atoms with Crippen LogP contribution in [0.25, 0.3) is 0 Å². The minimum absolute atomic E-state index is 0.0204. The molecule has 8 heteroatoms. The lowest BCUT2D eigenvalue weighted by Gasteiger charge is -2.14. The summed E-state index contributed by atoms with van der Waals surface area (Å²) < 4.78 is 6.59. The van der Waals surface area contributed by atoms with Crippen LogP contribution in [0.2, 0.25) is 0 Å². The lowest BCUT2D eigenvalue weighted by Crippen LogP contribution is -2.46. The molecule has 1 atom stereocenters. The van der Waals surface area contributed by atoms with E-state index < -0.39 is 6.04 Å². The number of aromatic nitrogens is 2. The largest absolute Gasteiger partial charge is 0.383 e. The zero-order chi connectivity index (χ0) is 15.8. The standard InChI is InChI=1S/C13H23N5O3/c1-9(2)12(14)13(20)15-7-11(19)17-10-6-16-18(8-10)4-5-21-3/h6,8-9,12H,4-5,7,14H2,1-3H3,(H,15,20)(H,17,19)/t12-/m0/s1. The summed E-state index contributed by atoms with van der Waals surface area (Å²) in [6, 6.07) is -0.616. The van der Waals surface area contributed by atoms with Crippen molar-refractivity contribution < 1.29 is 14.3 Å². The van der Waals surface area contributed by atoms with E-state index in [2.05, 4.69) is 15.7 Å². The maximum Gasteiger partial charge on any atom is 0.243 e. The van der Waals surface area contributed by atoms with Gasteiger partial charge in [-0.3, -0.25) is 14.3 Å². The number of hydrogen-bond donors (Lipinski definition) is 3. The number of nitrogens with two attached hydrogens (primary N) is 1. The molecule has 1 aromatic rings. The number of ether oxygens (including phenoxy) is 1. The lowest BCUT2D eigenvalue weighted by atomic mass is 10.1. The number of nitrogens with one attached hydrogen (secondary N) is 2. The van der Waals surface area contributed by atoms with Gasteiger partial charge in [-0.15, -0.1) is 0 Å². The molecule has 0 fully saturated rings. The predicted molar refractivity (Wildman–Crippen MR) is 78.6 cm³/mol. The number of rotatable bonds is 8. The van der Waals surface area contributed by atoms with Gasteiger partial charge in [0.2, 0.25) is 11.8 Å². The third-order valence-corrected chi connectivity index (χ3v) is 2.89. The number of anilines is 1. The zero-order valence-corrected chi connectivity index (χ0v) is 12.6. The van der Waals surface area contributed by atoms with Crippen LogP contribution in [0.1, 0.15) is 13.8 Å². The van der Waals surface area contributed by atoms with Crippen molar-refractivity contribution in [3.8, 4) is 0 Å². The molecule has 0 unspecified atom stereocenters. The lowest BCUT2D eigenvalue weighted by molar-refractivity contribution is -0.125. The highest BCUT2D eigenvalue weighted by atomic mass is 16.5. The Bertz CT molecular complexity index is 472. The highest BCUT2D eigenvalue weighted by Crippen LogP contribution is 2.04. The molecule has 0 radical (unpaired) electrons. The van der Waals surface area contributed by atoms with Crippen molar-refractivity contribution in [3.63, 3.8) is 0 Å². The normalized spacial score (nSPS) is 12.2. The first-order valence-corrected chi connectivity index (χ1v) is 6.78. The summed E-state index contributed by atoms with van der Waals surface area (Å²) in [6.45, 7) is 4.71. The number of carbonyl (C=O) groups excluding carboxylic acids is 2. The number of methoxy groups -OCH3 is 1. The summed E-state index contributed by atoms with van der Waals surface area (Å²) in [5.74, 6) is -0.645. The molecule has 0 aliphatic carbocycles. The average Bonchev–Trinajstić information content (AvgIpc) is 2.88. The quantitative estimate of drug-likeness (QED) is 0.603. The van der Waals surface area contributed by atoms with Crippen LogP contribution in [0.5, 0.6) is 0 Å². The highest BCUT2D eigenvalue weighted by molar-refractivity contribution is 5.95. The maximum absolute atomic E-state index is 11.7. The SMILES string of the molecule is COCCn1cc(NC(=O)CNC(=O)[C@@H](N)C(C)C)cn1. The Morgan fingerprint density at radius 1 is 1.48 bits per heavy atom. The zero-order valence-electron chi connectivity index (χ0n) is 12.6. The smallest absolute Gasteiger partial charge is 0.243 e. The minimum atomic E-state index is -0.616. The molecule has 118 valence electrons. The summed E-state index contributed by atoms with van der Waals surface area (Å²) in [5.41, 5.74) is 6.25. The summed E-state index contributed by atoms with van der Waals surface area (Å²) >= 11 is 0. The molecule has 1 heterocycles. The first-order chi connectivity index (χ1) is 9.93. The monoisotopic (exact) mass is 297 g/mol. The van der Waals surface area contributed by atoms with Crippen molar-refractivity contribution in [2.24, 2.45) is 11.7 Å². The van der Waals surface area contributed by atoms with Crippen LogP contribution in [-0.4, -0.2) is 47.9 Å². The molecular formula is C13H23N5O3. The van der Waals surface area contributed by atoms with Crippen molar-refractivity contribution in [1.82, 2.24) is 15.1 Å². The molecule has 0 spiro atoms. The van der Waals surface area contributed by atoms with E-state index >= 15 is 0 Å². The van der Waals surface area contributed by atoms with E-state index in [1.807, 2.05) is 13.8 Å². The van der Waals surface area contributed by atoms with Gasteiger partial charge in [0.15, 0.2) is 0 Å². The van der Waals surface area contributed by atoms with Crippen LogP contribution in [0.4, 0.5) is 5.69 Å². The molecule has 0 saturated heterocycles. The Hall–Kier alpha value is -1.93. The maximum atomic E-state index is 11.7. The van der Waals surface area contributed by atoms with Gasteiger partial charge in [0, 0.05) is 13.3 Å². The van der Waals surface area contributed by atoms with Crippen LogP contribution >= 0.6 is 0 Å². The Labute approximate surface area is 124 Å². The molecule has 21 heavy (non-hydrogen) atoms. The Morgan fingerprint density at radius 2 is 2.19 bits per heavy atom. The van der Waals surface area contributed by atoms with E-state index in [0.717, 1.165) is 0 Å². The van der Waals surface area contributed by atoms with Crippen LogP contribution in [0.3, 0.4) is 0 Å². The molecule has 0 aromatic carbocycles. The second kappa shape index (κ2) is 8.38. The summed E-state index contributed by atoms with van der Waals surface area (Å²) in [5, 5.41) is 9.21. The molecule has 1 rings (SSSR count). The molecule has 0 aliphatic rings. The molecule has 8 nitrogen and oxygen atoms in total. The van der Waals surface area contributed by atoms with Crippen LogP contribution in [-0.2, 0) is 20.9 Å². The van der Waals surface area contributed by atoms with E-state index in [4.69, 9.17) is 10.5 Å². The number of amides is 2. The highest BCUT2D eigenvalue weighted by Gasteiger charge is 2.17. The van der Waals surface area contributed by atoms with Gasteiger partial charge in [0.05, 0.1) is 37.6 Å². The van der Waals surface area contributed by atoms with E-state index in [-0.39, 0.29) is 24.3 Å². The fraction of sp³-hybridized carbons (Fsp3) is 0.615.